The van der Waals surface area contributed by atoms with Gasteiger partial charge in [0.25, 0.3) is 0 Å². The van der Waals surface area contributed by atoms with Crippen molar-refractivity contribution in [2.45, 2.75) is 13.3 Å². The number of rotatable bonds is 1. The second kappa shape index (κ2) is 3.76. The molecule has 0 bridgehead atoms. The van der Waals surface area contributed by atoms with Crippen LogP contribution in [0.5, 0.6) is 0 Å². The zero-order chi connectivity index (χ0) is 8.10. The molecule has 0 aromatic rings. The van der Waals surface area contributed by atoms with Crippen LogP contribution in [-0.2, 0) is 0 Å². The number of hydrogen-bond acceptors (Lipinski definition) is 2. The van der Waals surface area contributed by atoms with Crippen LogP contribution in [0.2, 0.25) is 0 Å². The van der Waals surface area contributed by atoms with Crippen LogP contribution in [0.1, 0.15) is 13.3 Å². The molecule has 1 heterocycles. The van der Waals surface area contributed by atoms with Gasteiger partial charge in [0.1, 0.15) is 0 Å². The second-order valence-corrected chi connectivity index (χ2v) is 2.46. The first-order valence-corrected chi connectivity index (χ1v) is 3.61. The van der Waals surface area contributed by atoms with E-state index in [1.807, 2.05) is 18.4 Å². The Kier molecular flexibility index (Phi) is 2.66. The molecule has 2 nitrogen and oxygen atoms in total. The van der Waals surface area contributed by atoms with Gasteiger partial charge in [-0.2, -0.15) is 0 Å². The van der Waals surface area contributed by atoms with E-state index in [0.717, 1.165) is 12.0 Å². The number of allylic oxidation sites excluding steroid dienone is 4. The minimum atomic E-state index is 0.958. The van der Waals surface area contributed by atoms with Gasteiger partial charge in [0, 0.05) is 12.4 Å². The summed E-state index contributed by atoms with van der Waals surface area (Å²) in [5.74, 6) is 0. The first-order chi connectivity index (χ1) is 5.34. The topological polar surface area (TPSA) is 38.4 Å². The van der Waals surface area contributed by atoms with Gasteiger partial charge in [-0.15, -0.1) is 0 Å². The SMILES string of the molecule is CC1=C(/C=C\N)C=NC=CC1. The Balaban J connectivity index is 2.89. The third kappa shape index (κ3) is 2.08. The lowest BCUT2D eigenvalue weighted by atomic mass is 10.1. The number of aliphatic imine (C=N–C) groups is 1. The van der Waals surface area contributed by atoms with Crippen molar-refractivity contribution in [1.82, 2.24) is 0 Å². The highest BCUT2D eigenvalue weighted by Gasteiger charge is 1.95. The molecule has 1 rings (SSSR count). The van der Waals surface area contributed by atoms with E-state index in [4.69, 9.17) is 5.73 Å². The van der Waals surface area contributed by atoms with Gasteiger partial charge in [-0.25, -0.2) is 0 Å². The molecule has 2 heteroatoms. The van der Waals surface area contributed by atoms with Crippen LogP contribution < -0.4 is 5.73 Å². The number of hydrogen-bond donors (Lipinski definition) is 1. The quantitative estimate of drug-likeness (QED) is 0.604. The van der Waals surface area contributed by atoms with Crippen molar-refractivity contribution < 1.29 is 0 Å². The van der Waals surface area contributed by atoms with Crippen molar-refractivity contribution in [1.29, 1.82) is 0 Å². The predicted octanol–water partition coefficient (Wildman–Crippen LogP) is 1.76. The van der Waals surface area contributed by atoms with E-state index in [0.29, 0.717) is 0 Å². The highest BCUT2D eigenvalue weighted by Crippen LogP contribution is 2.11. The summed E-state index contributed by atoms with van der Waals surface area (Å²) in [6.07, 6.45) is 10.0. The fraction of sp³-hybridized carbons (Fsp3) is 0.222. The molecule has 11 heavy (non-hydrogen) atoms. The van der Waals surface area contributed by atoms with Crippen molar-refractivity contribution in [2.75, 3.05) is 0 Å². The third-order valence-electron chi connectivity index (χ3n) is 1.60. The van der Waals surface area contributed by atoms with Crippen LogP contribution in [0.25, 0.3) is 0 Å². The lowest BCUT2D eigenvalue weighted by Gasteiger charge is -1.97. The average molecular weight is 148 g/mol. The van der Waals surface area contributed by atoms with Gasteiger partial charge in [-0.1, -0.05) is 11.6 Å². The van der Waals surface area contributed by atoms with Gasteiger partial charge < -0.3 is 5.73 Å². The van der Waals surface area contributed by atoms with E-state index in [1.54, 1.807) is 6.20 Å². The van der Waals surface area contributed by atoms with Crippen molar-refractivity contribution >= 4 is 6.21 Å². The van der Waals surface area contributed by atoms with Crippen LogP contribution in [-0.4, -0.2) is 6.21 Å². The fourth-order valence-electron chi connectivity index (χ4n) is 0.931. The monoisotopic (exact) mass is 148 g/mol. The second-order valence-electron chi connectivity index (χ2n) is 2.46. The van der Waals surface area contributed by atoms with E-state index < -0.39 is 0 Å². The first kappa shape index (κ1) is 7.79. The maximum absolute atomic E-state index is 5.28. The molecule has 0 aromatic heterocycles. The normalized spacial score (nSPS) is 17.9. The summed E-state index contributed by atoms with van der Waals surface area (Å²) in [6, 6.07) is 0. The molecule has 0 aromatic carbocycles. The van der Waals surface area contributed by atoms with Crippen LogP contribution in [0.15, 0.2) is 40.7 Å². The van der Waals surface area contributed by atoms with Gasteiger partial charge in [0.2, 0.25) is 0 Å². The highest BCUT2D eigenvalue weighted by molar-refractivity contribution is 5.84. The Morgan fingerprint density at radius 1 is 1.64 bits per heavy atom. The molecule has 0 unspecified atom stereocenters. The Morgan fingerprint density at radius 3 is 3.18 bits per heavy atom. The molecule has 1 aliphatic heterocycles. The molecule has 58 valence electrons. The highest BCUT2D eigenvalue weighted by atomic mass is 14.7. The summed E-state index contributed by atoms with van der Waals surface area (Å²) in [6.45, 7) is 2.08. The molecule has 0 fully saturated rings. The van der Waals surface area contributed by atoms with Crippen molar-refractivity contribution in [3.05, 3.63) is 35.7 Å². The lowest BCUT2D eigenvalue weighted by molar-refractivity contribution is 1.20. The van der Waals surface area contributed by atoms with E-state index in [-0.39, 0.29) is 0 Å². The standard InChI is InChI=1S/C9H12N2/c1-8-3-2-6-11-7-9(8)4-5-10/h2,4-7H,3,10H2,1H3/b5-4-. The molecule has 0 radical (unpaired) electrons. The Morgan fingerprint density at radius 2 is 2.45 bits per heavy atom. The maximum Gasteiger partial charge on any atom is 0.0340 e. The smallest absolute Gasteiger partial charge is 0.0340 e. The van der Waals surface area contributed by atoms with Crippen LogP contribution in [0, 0.1) is 0 Å². The minimum absolute atomic E-state index is 0.958. The third-order valence-corrected chi connectivity index (χ3v) is 1.60. The van der Waals surface area contributed by atoms with Crippen molar-refractivity contribution in [2.24, 2.45) is 10.7 Å². The van der Waals surface area contributed by atoms with Crippen LogP contribution in [0.4, 0.5) is 0 Å². The molecule has 0 atom stereocenters. The molecule has 0 amide bonds. The molecule has 1 aliphatic rings. The molecular weight excluding hydrogens is 136 g/mol. The Bertz CT molecular complexity index is 244. The number of nitrogens with zero attached hydrogens (tertiary/aromatic N) is 1. The maximum atomic E-state index is 5.28. The summed E-state index contributed by atoms with van der Waals surface area (Å²) in [5, 5.41) is 0. The molecule has 0 spiro atoms. The summed E-state index contributed by atoms with van der Waals surface area (Å²) in [5.41, 5.74) is 7.68. The van der Waals surface area contributed by atoms with Gasteiger partial charge in [0.15, 0.2) is 0 Å². The Hall–Kier alpha value is -1.31. The van der Waals surface area contributed by atoms with Crippen LogP contribution >= 0.6 is 0 Å². The van der Waals surface area contributed by atoms with Gasteiger partial charge in [-0.05, 0) is 31.2 Å². The van der Waals surface area contributed by atoms with E-state index in [2.05, 4.69) is 11.9 Å². The van der Waals surface area contributed by atoms with Gasteiger partial charge in [0.05, 0.1) is 0 Å². The molecule has 0 saturated heterocycles. The fourth-order valence-corrected chi connectivity index (χ4v) is 0.931. The molecular formula is C9H12N2. The molecule has 2 N–H and O–H groups in total. The van der Waals surface area contributed by atoms with E-state index >= 15 is 0 Å². The predicted molar refractivity (Wildman–Crippen MR) is 48.3 cm³/mol. The Labute approximate surface area is 66.8 Å². The summed E-state index contributed by atoms with van der Waals surface area (Å²) in [7, 11) is 0. The van der Waals surface area contributed by atoms with Gasteiger partial charge >= 0.3 is 0 Å². The zero-order valence-corrected chi connectivity index (χ0v) is 6.62. The van der Waals surface area contributed by atoms with Crippen molar-refractivity contribution in [3.63, 3.8) is 0 Å². The first-order valence-electron chi connectivity index (χ1n) is 3.61. The van der Waals surface area contributed by atoms with E-state index in [9.17, 15) is 0 Å². The van der Waals surface area contributed by atoms with Crippen molar-refractivity contribution in [3.8, 4) is 0 Å². The average Bonchev–Trinajstić information content (AvgIpc) is 2.18. The van der Waals surface area contributed by atoms with Crippen LogP contribution in [0.3, 0.4) is 0 Å². The number of nitrogens with two attached hydrogens (primary N) is 1. The summed E-state index contributed by atoms with van der Waals surface area (Å²) in [4.78, 5) is 4.05. The minimum Gasteiger partial charge on any atom is -0.405 e. The summed E-state index contributed by atoms with van der Waals surface area (Å²) < 4.78 is 0. The summed E-state index contributed by atoms with van der Waals surface area (Å²) >= 11 is 0. The molecule has 0 saturated carbocycles. The zero-order valence-electron chi connectivity index (χ0n) is 6.62. The molecule has 0 aliphatic carbocycles. The van der Waals surface area contributed by atoms with Gasteiger partial charge in [-0.3, -0.25) is 4.99 Å². The largest absolute Gasteiger partial charge is 0.405 e. The van der Waals surface area contributed by atoms with E-state index in [1.165, 1.54) is 11.8 Å². The lowest BCUT2D eigenvalue weighted by Crippen LogP contribution is -1.87.